The standard InChI is InChI=1S/C56H76BrN7O13S/c1-39-35-41(78(71,72)73)37-42-52(39)63-30-16-8-11-20-47(65)58-27-14-13-17-44(54(70)59-28-34-76-31-24-51(69)77-64-49(67)22-23-50(64)68)60-48(66)21-12-7-15-29-62-38-40(57)36-43-53(62)61-45(55(43,2)25-32-74-4)18-9-6-10-19-46(63)56(42,3)26-33-75-5/h6,9-10,18-19,35-38,44H,7-8,11-17,20-34H2,1-5H3,(H3-,58,59,60,65,66,70,71,72,73)/p+1. The van der Waals surface area contributed by atoms with Crippen molar-refractivity contribution in [3.8, 4) is 0 Å². The van der Waals surface area contributed by atoms with Gasteiger partial charge in [-0.3, -0.25) is 28.5 Å². The first kappa shape index (κ1) is 61.6. The summed E-state index contributed by atoms with van der Waals surface area (Å²) in [6, 6.07) is 4.36. The zero-order valence-corrected chi connectivity index (χ0v) is 48.1. The molecule has 20 nitrogen and oxygen atoms in total. The van der Waals surface area contributed by atoms with Crippen LogP contribution in [0.3, 0.4) is 0 Å². The quantitative estimate of drug-likeness (QED) is 0.0642. The molecule has 2 bridgehead atoms. The van der Waals surface area contributed by atoms with Gasteiger partial charge < -0.3 is 39.9 Å². The topological polar surface area (TPSA) is 253 Å². The van der Waals surface area contributed by atoms with E-state index in [9.17, 15) is 41.7 Å². The number of aryl methyl sites for hydroxylation is 2. The smallest absolute Gasteiger partial charge is 0.335 e. The van der Waals surface area contributed by atoms with E-state index in [4.69, 9.17) is 24.0 Å². The monoisotopic (exact) mass is 1170 g/mol. The number of hydrogen-bond donors (Lipinski definition) is 4. The molecule has 0 radical (unpaired) electrons. The number of amides is 5. The summed E-state index contributed by atoms with van der Waals surface area (Å²) < 4.78 is 55.1. The number of carbonyl (C=O) groups is 6. The van der Waals surface area contributed by atoms with Gasteiger partial charge in [-0.05, 0) is 147 Å². The Morgan fingerprint density at radius 2 is 1.55 bits per heavy atom. The first-order chi connectivity index (χ1) is 37.3. The maximum absolute atomic E-state index is 13.5. The molecule has 5 amide bonds. The van der Waals surface area contributed by atoms with Crippen LogP contribution < -0.4 is 25.4 Å². The molecule has 78 heavy (non-hydrogen) atoms. The minimum atomic E-state index is -4.51. The highest BCUT2D eigenvalue weighted by Gasteiger charge is 2.47. The lowest BCUT2D eigenvalue weighted by Crippen LogP contribution is -2.47. The highest BCUT2D eigenvalue weighted by molar-refractivity contribution is 9.10. The normalized spacial score (nSPS) is 23.1. The zero-order chi connectivity index (χ0) is 56.5. The second-order valence-electron chi connectivity index (χ2n) is 20.6. The molecule has 4 N–H and O–H groups in total. The third-order valence-corrected chi connectivity index (χ3v) is 16.0. The van der Waals surface area contributed by atoms with Gasteiger partial charge in [0, 0.05) is 89.6 Å². The lowest BCUT2D eigenvalue weighted by atomic mass is 9.77. The summed E-state index contributed by atoms with van der Waals surface area (Å²) in [6.07, 6.45) is 19.2. The van der Waals surface area contributed by atoms with Crippen LogP contribution in [0.15, 0.2) is 74.8 Å². The third-order valence-electron chi connectivity index (χ3n) is 14.8. The van der Waals surface area contributed by atoms with E-state index in [1.807, 2.05) is 37.4 Å². The molecule has 4 aliphatic rings. The molecular weight excluding hydrogens is 1090 g/mol. The number of benzene rings is 1. The number of carbonyl (C=O) groups excluding carboxylic acids is 6. The number of pyridine rings is 1. The summed E-state index contributed by atoms with van der Waals surface area (Å²) in [5.41, 5.74) is 4.09. The Balaban J connectivity index is 1.18. The number of hydrogen-bond acceptors (Lipinski definition) is 14. The minimum absolute atomic E-state index is 0.0109. The number of rotatable bonds is 15. The molecule has 6 rings (SSSR count). The molecule has 3 atom stereocenters. The molecule has 2 aromatic rings. The van der Waals surface area contributed by atoms with E-state index in [0.717, 1.165) is 64.2 Å². The Morgan fingerprint density at radius 3 is 2.27 bits per heavy atom. The number of aromatic nitrogens is 1. The summed E-state index contributed by atoms with van der Waals surface area (Å²) in [5.74, 6) is -1.84. The lowest BCUT2D eigenvalue weighted by Gasteiger charge is -2.30. The Labute approximate surface area is 466 Å². The molecule has 4 aliphatic heterocycles. The summed E-state index contributed by atoms with van der Waals surface area (Å²) >= 11 is 3.76. The molecule has 1 aromatic heterocycles. The molecule has 3 unspecified atom stereocenters. The molecule has 0 aliphatic carbocycles. The fourth-order valence-corrected chi connectivity index (χ4v) is 11.4. The van der Waals surface area contributed by atoms with Gasteiger partial charge in [-0.25, -0.2) is 9.36 Å². The lowest BCUT2D eigenvalue weighted by molar-refractivity contribution is -0.685. The number of aliphatic imine (C=N–C) groups is 1. The molecule has 0 spiro atoms. The summed E-state index contributed by atoms with van der Waals surface area (Å²) in [5, 5.41) is 9.20. The van der Waals surface area contributed by atoms with Crippen LogP contribution in [0, 0.1) is 6.92 Å². The van der Waals surface area contributed by atoms with Crippen molar-refractivity contribution in [3.63, 3.8) is 0 Å². The number of anilines is 1. The van der Waals surface area contributed by atoms with Gasteiger partial charge >= 0.3 is 11.8 Å². The van der Waals surface area contributed by atoms with Crippen molar-refractivity contribution in [1.82, 2.24) is 21.0 Å². The zero-order valence-electron chi connectivity index (χ0n) is 45.7. The summed E-state index contributed by atoms with van der Waals surface area (Å²) in [7, 11) is -1.19. The number of allylic oxidation sites excluding steroid dienone is 6. The molecule has 22 heteroatoms. The number of nitrogens with one attached hydrogen (secondary N) is 3. The van der Waals surface area contributed by atoms with E-state index >= 15 is 0 Å². The fraction of sp³-hybridized carbons (Fsp3) is 0.571. The van der Waals surface area contributed by atoms with Crippen molar-refractivity contribution in [2.75, 3.05) is 65.2 Å². The van der Waals surface area contributed by atoms with Gasteiger partial charge in [0.15, 0.2) is 5.71 Å². The van der Waals surface area contributed by atoms with Gasteiger partial charge in [0.2, 0.25) is 17.7 Å². The maximum Gasteiger partial charge on any atom is 0.335 e. The Kier molecular flexibility index (Phi) is 22.9. The molecule has 5 heterocycles. The van der Waals surface area contributed by atoms with Crippen molar-refractivity contribution >= 4 is 78.8 Å². The van der Waals surface area contributed by atoms with Crippen molar-refractivity contribution in [2.24, 2.45) is 4.99 Å². The Bertz CT molecular complexity index is 2750. The number of ether oxygens (including phenoxy) is 3. The number of methoxy groups -OCH3 is 2. The van der Waals surface area contributed by atoms with Gasteiger partial charge in [0.25, 0.3) is 21.9 Å². The molecule has 1 fully saturated rings. The van der Waals surface area contributed by atoms with E-state index in [0.29, 0.717) is 94.8 Å². The van der Waals surface area contributed by atoms with Crippen molar-refractivity contribution in [3.05, 3.63) is 81.6 Å². The van der Waals surface area contributed by atoms with Crippen LogP contribution in [0.5, 0.6) is 0 Å². The van der Waals surface area contributed by atoms with Crippen molar-refractivity contribution in [1.29, 1.82) is 0 Å². The van der Waals surface area contributed by atoms with Crippen molar-refractivity contribution in [2.45, 2.75) is 152 Å². The number of nitrogens with zero attached hydrogens (tertiary/aromatic N) is 4. The number of fused-ring (bicyclic) bond motifs is 3. The van der Waals surface area contributed by atoms with E-state index < -0.39 is 50.7 Å². The van der Waals surface area contributed by atoms with Gasteiger partial charge in [-0.15, -0.1) is 5.06 Å². The second kappa shape index (κ2) is 29.0. The largest absolute Gasteiger partial charge is 0.385 e. The number of imide groups is 1. The molecule has 0 saturated carbocycles. The van der Waals surface area contributed by atoms with Gasteiger partial charge in [-0.1, -0.05) is 24.6 Å². The summed E-state index contributed by atoms with van der Waals surface area (Å²) in [6.45, 7) is 8.71. The van der Waals surface area contributed by atoms with Crippen LogP contribution in [0.4, 0.5) is 11.5 Å². The molecule has 1 aromatic carbocycles. The van der Waals surface area contributed by atoms with E-state index in [1.54, 1.807) is 20.3 Å². The van der Waals surface area contributed by atoms with Crippen molar-refractivity contribution < 1.29 is 65.4 Å². The number of halogens is 1. The van der Waals surface area contributed by atoms with Gasteiger partial charge in [0.05, 0.1) is 46.5 Å². The Hall–Kier alpha value is -5.65. The highest BCUT2D eigenvalue weighted by atomic mass is 79.9. The SMILES string of the molecule is COCCC1(C)C2=C/C=C/C=C/C3=Nc4c(cc(Br)c[n+]4CCCCCC(=O)NC(C(=O)NCCOCCC(=O)ON4C(=O)CCC4=O)CCCCNC(=O)CCCCCN2c2c(C)cc(S(=O)(=O)O)cc21)C3(C)CCOC. The first-order valence-electron chi connectivity index (χ1n) is 27.0. The third kappa shape index (κ3) is 16.2. The first-order valence-corrected chi connectivity index (χ1v) is 29.3. The minimum Gasteiger partial charge on any atom is -0.385 e. The van der Waals surface area contributed by atoms with Gasteiger partial charge in [-0.2, -0.15) is 8.42 Å². The molecule has 426 valence electrons. The van der Waals surface area contributed by atoms with E-state index in [-0.39, 0.29) is 62.2 Å². The summed E-state index contributed by atoms with van der Waals surface area (Å²) in [4.78, 5) is 87.7. The van der Waals surface area contributed by atoms with Gasteiger partial charge in [0.1, 0.15) is 12.2 Å². The predicted molar refractivity (Wildman–Crippen MR) is 295 cm³/mol. The highest BCUT2D eigenvalue weighted by Crippen LogP contribution is 2.52. The van der Waals surface area contributed by atoms with Crippen LogP contribution >= 0.6 is 15.9 Å². The van der Waals surface area contributed by atoms with Crippen LogP contribution in [0.2, 0.25) is 0 Å². The maximum atomic E-state index is 13.5. The van der Waals surface area contributed by atoms with Crippen LogP contribution in [0.1, 0.15) is 133 Å². The fourth-order valence-electron chi connectivity index (χ4n) is 10.4. The Morgan fingerprint density at radius 1 is 0.846 bits per heavy atom. The van der Waals surface area contributed by atoms with Crippen LogP contribution in [0.25, 0.3) is 0 Å². The van der Waals surface area contributed by atoms with Crippen LogP contribution in [-0.4, -0.2) is 126 Å². The van der Waals surface area contributed by atoms with Crippen LogP contribution in [-0.2, 0) is 75.3 Å². The molecular formula is C56H77BrN7O13S+. The molecule has 1 saturated heterocycles. The second-order valence-corrected chi connectivity index (χ2v) is 22.9. The predicted octanol–water partition coefficient (Wildman–Crippen LogP) is 6.52. The average molecular weight is 1170 g/mol. The van der Waals surface area contributed by atoms with E-state index in [1.165, 1.54) is 6.07 Å². The average Bonchev–Trinajstić information content (AvgIpc) is 4.03. The number of hydroxylamine groups is 2. The van der Waals surface area contributed by atoms with E-state index in [2.05, 4.69) is 67.3 Å².